The maximum atomic E-state index is 15.0. The van der Waals surface area contributed by atoms with Gasteiger partial charge in [-0.25, -0.2) is 8.78 Å². The summed E-state index contributed by atoms with van der Waals surface area (Å²) in [5, 5.41) is 7.32. The Bertz CT molecular complexity index is 875. The van der Waals surface area contributed by atoms with Crippen LogP contribution in [-0.2, 0) is 24.2 Å². The first-order chi connectivity index (χ1) is 15.4. The van der Waals surface area contributed by atoms with Crippen LogP contribution in [0.25, 0.3) is 0 Å². The molecule has 2 aliphatic carbocycles. The van der Waals surface area contributed by atoms with Crippen molar-refractivity contribution in [2.45, 2.75) is 82.6 Å². The summed E-state index contributed by atoms with van der Waals surface area (Å²) in [6, 6.07) is 18.4. The zero-order valence-electron chi connectivity index (χ0n) is 19.7. The van der Waals surface area contributed by atoms with Gasteiger partial charge >= 0.3 is 0 Å². The standard InChI is InChI=1S/C26H33F2N.C2H3N/c1-3-21(29(2)19-14-20-8-5-4-6-9-20)12-13-22-23(25(27)15-16-25)10-7-11-24(22)26(28)17-18-26;1-2-3/h4-11,21H,3,12-19H2,1-2H3;1H3. The van der Waals surface area contributed by atoms with Crippen molar-refractivity contribution in [3.8, 4) is 6.07 Å². The average Bonchev–Trinajstić information content (AvgIpc) is 3.73. The van der Waals surface area contributed by atoms with Crippen LogP contribution in [0.15, 0.2) is 48.5 Å². The van der Waals surface area contributed by atoms with Gasteiger partial charge in [-0.3, -0.25) is 0 Å². The predicted molar refractivity (Wildman–Crippen MR) is 127 cm³/mol. The smallest absolute Gasteiger partial charge is 0.136 e. The number of hydrogen-bond acceptors (Lipinski definition) is 2. The van der Waals surface area contributed by atoms with Crippen molar-refractivity contribution < 1.29 is 8.78 Å². The lowest BCUT2D eigenvalue weighted by Gasteiger charge is -2.28. The summed E-state index contributed by atoms with van der Waals surface area (Å²) < 4.78 is 30.0. The normalized spacial score (nSPS) is 18.3. The van der Waals surface area contributed by atoms with Gasteiger partial charge in [0.1, 0.15) is 11.3 Å². The Hall–Kier alpha value is -2.25. The molecule has 0 heterocycles. The molecular weight excluding hydrogens is 402 g/mol. The summed E-state index contributed by atoms with van der Waals surface area (Å²) in [7, 11) is 2.18. The van der Waals surface area contributed by atoms with Crippen LogP contribution in [0.4, 0.5) is 8.78 Å². The zero-order valence-corrected chi connectivity index (χ0v) is 19.7. The minimum absolute atomic E-state index is 0.421. The topological polar surface area (TPSA) is 27.0 Å². The number of alkyl halides is 2. The van der Waals surface area contributed by atoms with Crippen LogP contribution in [0.1, 0.15) is 74.6 Å². The fraction of sp³-hybridized carbons (Fsp3) is 0.536. The molecule has 2 fully saturated rings. The minimum Gasteiger partial charge on any atom is -0.303 e. The van der Waals surface area contributed by atoms with E-state index in [1.54, 1.807) is 6.07 Å². The largest absolute Gasteiger partial charge is 0.303 e. The van der Waals surface area contributed by atoms with Crippen LogP contribution in [0.2, 0.25) is 0 Å². The highest BCUT2D eigenvalue weighted by atomic mass is 19.1. The number of likely N-dealkylation sites (N-methyl/N-ethyl adjacent to an activating group) is 1. The van der Waals surface area contributed by atoms with Crippen molar-refractivity contribution in [1.29, 1.82) is 5.26 Å². The van der Waals surface area contributed by atoms with E-state index in [4.69, 9.17) is 5.26 Å². The maximum Gasteiger partial charge on any atom is 0.136 e. The van der Waals surface area contributed by atoms with Crippen molar-refractivity contribution in [3.05, 3.63) is 70.8 Å². The molecule has 0 bridgehead atoms. The van der Waals surface area contributed by atoms with Crippen LogP contribution in [0, 0.1) is 11.3 Å². The summed E-state index contributed by atoms with van der Waals surface area (Å²) in [6.07, 6.45) is 6.10. The molecule has 2 saturated carbocycles. The first-order valence-electron chi connectivity index (χ1n) is 11.9. The molecule has 0 spiro atoms. The first kappa shape index (κ1) is 24.4. The molecule has 172 valence electrons. The van der Waals surface area contributed by atoms with Crippen molar-refractivity contribution >= 4 is 0 Å². The van der Waals surface area contributed by atoms with Crippen LogP contribution in [0.3, 0.4) is 0 Å². The number of benzene rings is 2. The minimum atomic E-state index is -1.21. The van der Waals surface area contributed by atoms with Crippen molar-refractivity contribution in [2.24, 2.45) is 0 Å². The molecule has 32 heavy (non-hydrogen) atoms. The van der Waals surface area contributed by atoms with Gasteiger partial charge in [0.2, 0.25) is 0 Å². The monoisotopic (exact) mass is 438 g/mol. The lowest BCUT2D eigenvalue weighted by Crippen LogP contribution is -2.33. The molecular formula is C28H36F2N2. The van der Waals surface area contributed by atoms with Gasteiger partial charge in [-0.05, 0) is 80.7 Å². The summed E-state index contributed by atoms with van der Waals surface area (Å²) in [4.78, 5) is 2.42. The van der Waals surface area contributed by atoms with Crippen LogP contribution in [0.5, 0.6) is 0 Å². The molecule has 4 rings (SSSR count). The van der Waals surface area contributed by atoms with E-state index in [0.717, 1.165) is 48.9 Å². The molecule has 4 heteroatoms. The molecule has 2 aromatic rings. The van der Waals surface area contributed by atoms with E-state index < -0.39 is 11.3 Å². The molecule has 2 aliphatic rings. The van der Waals surface area contributed by atoms with Gasteiger partial charge < -0.3 is 4.90 Å². The quantitative estimate of drug-likeness (QED) is 0.398. The Labute approximate surface area is 192 Å². The zero-order chi connectivity index (χ0) is 23.2. The van der Waals surface area contributed by atoms with Crippen LogP contribution in [-0.4, -0.2) is 24.5 Å². The van der Waals surface area contributed by atoms with Crippen LogP contribution >= 0.6 is 0 Å². The molecule has 0 radical (unpaired) electrons. The summed E-state index contributed by atoms with van der Waals surface area (Å²) >= 11 is 0. The molecule has 0 N–H and O–H groups in total. The fourth-order valence-corrected chi connectivity index (χ4v) is 4.63. The second-order valence-corrected chi connectivity index (χ2v) is 9.30. The molecule has 0 amide bonds. The third-order valence-corrected chi connectivity index (χ3v) is 6.94. The Kier molecular flexibility index (Phi) is 8.06. The number of nitriles is 1. The van der Waals surface area contributed by atoms with Gasteiger partial charge in [0, 0.05) is 19.5 Å². The Morgan fingerprint density at radius 2 is 1.47 bits per heavy atom. The second kappa shape index (κ2) is 10.6. The highest BCUT2D eigenvalue weighted by Crippen LogP contribution is 2.56. The molecule has 1 unspecified atom stereocenters. The van der Waals surface area contributed by atoms with Gasteiger partial charge in [-0.15, -0.1) is 0 Å². The highest BCUT2D eigenvalue weighted by Gasteiger charge is 2.50. The van der Waals surface area contributed by atoms with E-state index in [9.17, 15) is 0 Å². The number of rotatable bonds is 10. The molecule has 0 aromatic heterocycles. The van der Waals surface area contributed by atoms with Gasteiger partial charge in [0.15, 0.2) is 0 Å². The fourth-order valence-electron chi connectivity index (χ4n) is 4.63. The average molecular weight is 439 g/mol. The number of nitrogens with zero attached hydrogens (tertiary/aromatic N) is 2. The molecule has 0 saturated heterocycles. The van der Waals surface area contributed by atoms with Gasteiger partial charge in [0.05, 0.1) is 6.07 Å². The van der Waals surface area contributed by atoms with Gasteiger partial charge in [-0.2, -0.15) is 5.26 Å². The number of halogens is 2. The lowest BCUT2D eigenvalue weighted by molar-refractivity contribution is 0.225. The Morgan fingerprint density at radius 1 is 0.938 bits per heavy atom. The van der Waals surface area contributed by atoms with E-state index in [1.807, 2.05) is 24.3 Å². The van der Waals surface area contributed by atoms with Gasteiger partial charge in [0.25, 0.3) is 0 Å². The molecule has 2 nitrogen and oxygen atoms in total. The molecule has 2 aromatic carbocycles. The van der Waals surface area contributed by atoms with E-state index in [2.05, 4.69) is 43.1 Å². The summed E-state index contributed by atoms with van der Waals surface area (Å²) in [6.45, 7) is 4.64. The third-order valence-electron chi connectivity index (χ3n) is 6.94. The lowest BCUT2D eigenvalue weighted by atomic mass is 9.88. The van der Waals surface area contributed by atoms with E-state index in [-0.39, 0.29) is 0 Å². The van der Waals surface area contributed by atoms with Crippen molar-refractivity contribution in [2.75, 3.05) is 13.6 Å². The summed E-state index contributed by atoms with van der Waals surface area (Å²) in [5.74, 6) is 0. The second-order valence-electron chi connectivity index (χ2n) is 9.30. The Balaban J connectivity index is 0.000000913. The predicted octanol–water partition coefficient (Wildman–Crippen LogP) is 7.02. The van der Waals surface area contributed by atoms with Crippen molar-refractivity contribution in [3.63, 3.8) is 0 Å². The molecule has 0 aliphatic heterocycles. The summed E-state index contributed by atoms with van der Waals surface area (Å²) in [5.41, 5.74) is 1.42. The maximum absolute atomic E-state index is 15.0. The van der Waals surface area contributed by atoms with E-state index >= 15 is 8.78 Å². The first-order valence-corrected chi connectivity index (χ1v) is 11.9. The van der Waals surface area contributed by atoms with Crippen molar-refractivity contribution in [1.82, 2.24) is 4.90 Å². The number of hydrogen-bond donors (Lipinski definition) is 0. The third kappa shape index (κ3) is 5.95. The molecule has 1 atom stereocenters. The highest BCUT2D eigenvalue weighted by molar-refractivity contribution is 5.46. The van der Waals surface area contributed by atoms with E-state index in [1.165, 1.54) is 12.5 Å². The van der Waals surface area contributed by atoms with E-state index in [0.29, 0.717) is 31.7 Å². The van der Waals surface area contributed by atoms with Crippen LogP contribution < -0.4 is 0 Å². The SMILES string of the molecule is CC#N.CCC(CCc1c(C2(F)CC2)cccc1C1(F)CC1)N(C)CCc1ccccc1. The Morgan fingerprint density at radius 3 is 1.94 bits per heavy atom. The van der Waals surface area contributed by atoms with Gasteiger partial charge in [-0.1, -0.05) is 55.5 Å².